The van der Waals surface area contributed by atoms with Crippen molar-refractivity contribution in [2.24, 2.45) is 0 Å². The van der Waals surface area contributed by atoms with Crippen LogP contribution in [0.1, 0.15) is 11.1 Å². The van der Waals surface area contributed by atoms with Gasteiger partial charge in [-0.2, -0.15) is 5.26 Å². The van der Waals surface area contributed by atoms with Gasteiger partial charge in [0.2, 0.25) is 0 Å². The molecule has 6 heteroatoms. The summed E-state index contributed by atoms with van der Waals surface area (Å²) in [6.07, 6.45) is 5.91. The number of ether oxygens (including phenoxy) is 3. The minimum Gasteiger partial charge on any atom is -0.496 e. The van der Waals surface area contributed by atoms with Crippen molar-refractivity contribution in [3.63, 3.8) is 0 Å². The fourth-order valence-electron chi connectivity index (χ4n) is 2.14. The van der Waals surface area contributed by atoms with Gasteiger partial charge in [-0.1, -0.05) is 22.0 Å². The topological polar surface area (TPSA) is 68.5 Å². The molecule has 0 spiro atoms. The third-order valence-corrected chi connectivity index (χ3v) is 3.83. The SMILES string of the molecule is COc1ccc(Br)cc1/C=C/C(=O)Oc1ccc(/C=C\C#N)cc1OC. The summed E-state index contributed by atoms with van der Waals surface area (Å²) < 4.78 is 16.7. The van der Waals surface area contributed by atoms with Gasteiger partial charge in [-0.05, 0) is 48.0 Å². The summed E-state index contributed by atoms with van der Waals surface area (Å²) >= 11 is 3.38. The van der Waals surface area contributed by atoms with Crippen LogP contribution < -0.4 is 14.2 Å². The van der Waals surface area contributed by atoms with Crippen LogP contribution >= 0.6 is 15.9 Å². The van der Waals surface area contributed by atoms with Crippen molar-refractivity contribution in [1.29, 1.82) is 5.26 Å². The smallest absolute Gasteiger partial charge is 0.336 e. The molecule has 0 heterocycles. The first-order chi connectivity index (χ1) is 12.6. The maximum absolute atomic E-state index is 12.1. The molecule has 132 valence electrons. The minimum absolute atomic E-state index is 0.289. The molecule has 0 N–H and O–H groups in total. The van der Waals surface area contributed by atoms with E-state index in [1.807, 2.05) is 18.2 Å². The Bertz CT molecular complexity index is 897. The highest BCUT2D eigenvalue weighted by Gasteiger charge is 2.09. The first kappa shape index (κ1) is 19.3. The van der Waals surface area contributed by atoms with E-state index in [9.17, 15) is 4.79 Å². The van der Waals surface area contributed by atoms with Crippen LogP contribution in [-0.4, -0.2) is 20.2 Å². The Kier molecular flexibility index (Phi) is 7.01. The van der Waals surface area contributed by atoms with E-state index >= 15 is 0 Å². The van der Waals surface area contributed by atoms with Crippen molar-refractivity contribution in [3.8, 4) is 23.3 Å². The van der Waals surface area contributed by atoms with Gasteiger partial charge in [-0.3, -0.25) is 0 Å². The number of rotatable bonds is 6. The maximum atomic E-state index is 12.1. The first-order valence-corrected chi connectivity index (χ1v) is 8.34. The Morgan fingerprint density at radius 2 is 1.77 bits per heavy atom. The van der Waals surface area contributed by atoms with Gasteiger partial charge in [-0.15, -0.1) is 0 Å². The Balaban J connectivity index is 2.16. The number of nitriles is 1. The molecule has 2 aromatic rings. The molecule has 0 unspecified atom stereocenters. The number of carbonyl (C=O) groups excluding carboxylic acids is 1. The summed E-state index contributed by atoms with van der Waals surface area (Å²) in [6, 6.07) is 12.4. The number of halogens is 1. The van der Waals surface area contributed by atoms with Crippen LogP contribution in [0, 0.1) is 11.3 Å². The Morgan fingerprint density at radius 3 is 2.46 bits per heavy atom. The van der Waals surface area contributed by atoms with Gasteiger partial charge in [-0.25, -0.2) is 4.79 Å². The van der Waals surface area contributed by atoms with Crippen molar-refractivity contribution >= 4 is 34.1 Å². The van der Waals surface area contributed by atoms with Crippen LogP contribution in [0.3, 0.4) is 0 Å². The summed E-state index contributed by atoms with van der Waals surface area (Å²) in [7, 11) is 3.04. The fraction of sp³-hybridized carbons (Fsp3) is 0.100. The number of hydrogen-bond donors (Lipinski definition) is 0. The molecule has 0 atom stereocenters. The van der Waals surface area contributed by atoms with Crippen molar-refractivity contribution in [2.45, 2.75) is 0 Å². The predicted molar refractivity (Wildman–Crippen MR) is 103 cm³/mol. The Hall–Kier alpha value is -3.04. The van der Waals surface area contributed by atoms with E-state index in [0.717, 1.165) is 15.6 Å². The van der Waals surface area contributed by atoms with E-state index in [1.54, 1.807) is 43.5 Å². The lowest BCUT2D eigenvalue weighted by molar-refractivity contribution is -0.129. The lowest BCUT2D eigenvalue weighted by Gasteiger charge is -2.09. The van der Waals surface area contributed by atoms with Gasteiger partial charge < -0.3 is 14.2 Å². The average molecular weight is 414 g/mol. The molecule has 0 bridgehead atoms. The zero-order valence-corrected chi connectivity index (χ0v) is 15.8. The molecule has 0 aliphatic rings. The first-order valence-electron chi connectivity index (χ1n) is 7.55. The van der Waals surface area contributed by atoms with Gasteiger partial charge in [0, 0.05) is 22.2 Å². The molecule has 0 saturated heterocycles. The second-order valence-corrected chi connectivity index (χ2v) is 5.93. The van der Waals surface area contributed by atoms with E-state index in [2.05, 4.69) is 15.9 Å². The number of methoxy groups -OCH3 is 2. The lowest BCUT2D eigenvalue weighted by atomic mass is 10.2. The van der Waals surface area contributed by atoms with Crippen molar-refractivity contribution in [1.82, 2.24) is 0 Å². The number of benzene rings is 2. The van der Waals surface area contributed by atoms with Crippen molar-refractivity contribution in [3.05, 3.63) is 64.1 Å². The molecule has 0 radical (unpaired) electrons. The van der Waals surface area contributed by atoms with Gasteiger partial charge >= 0.3 is 5.97 Å². The summed E-state index contributed by atoms with van der Waals surface area (Å²) in [5.74, 6) is 0.776. The normalized spacial score (nSPS) is 10.7. The summed E-state index contributed by atoms with van der Waals surface area (Å²) in [5.41, 5.74) is 1.50. The molecule has 0 aromatic heterocycles. The lowest BCUT2D eigenvalue weighted by Crippen LogP contribution is -2.05. The molecule has 5 nitrogen and oxygen atoms in total. The molecule has 0 fully saturated rings. The van der Waals surface area contributed by atoms with Gasteiger partial charge in [0.05, 0.1) is 20.3 Å². The average Bonchev–Trinajstić information content (AvgIpc) is 2.65. The number of nitrogens with zero attached hydrogens (tertiary/aromatic N) is 1. The quantitative estimate of drug-likeness (QED) is 0.299. The molecular weight excluding hydrogens is 398 g/mol. The van der Waals surface area contributed by atoms with E-state index in [0.29, 0.717) is 11.5 Å². The molecule has 0 aliphatic heterocycles. The highest BCUT2D eigenvalue weighted by molar-refractivity contribution is 9.10. The molecule has 2 rings (SSSR count). The van der Waals surface area contributed by atoms with Crippen LogP contribution in [0.25, 0.3) is 12.2 Å². The summed E-state index contributed by atoms with van der Waals surface area (Å²) in [6.45, 7) is 0. The van der Waals surface area contributed by atoms with Gasteiger partial charge in [0.25, 0.3) is 0 Å². The van der Waals surface area contributed by atoms with E-state index in [1.165, 1.54) is 19.3 Å². The predicted octanol–water partition coefficient (Wildman–Crippen LogP) is 4.62. The van der Waals surface area contributed by atoms with Crippen LogP contribution in [-0.2, 0) is 4.79 Å². The number of allylic oxidation sites excluding steroid dienone is 1. The second kappa shape index (κ2) is 9.44. The molecule has 0 aliphatic carbocycles. The van der Waals surface area contributed by atoms with E-state index in [4.69, 9.17) is 19.5 Å². The van der Waals surface area contributed by atoms with E-state index in [-0.39, 0.29) is 5.75 Å². The zero-order valence-electron chi connectivity index (χ0n) is 14.2. The fourth-order valence-corrected chi connectivity index (χ4v) is 2.52. The number of hydrogen-bond acceptors (Lipinski definition) is 5. The monoisotopic (exact) mass is 413 g/mol. The maximum Gasteiger partial charge on any atom is 0.336 e. The highest BCUT2D eigenvalue weighted by atomic mass is 79.9. The standard InChI is InChI=1S/C20H16BrNO4/c1-24-17-9-7-16(21)13-15(17)6-10-20(23)26-18-8-5-14(4-3-11-22)12-19(18)25-2/h3-10,12-13H,1-2H3/b4-3-,10-6+. The van der Waals surface area contributed by atoms with Gasteiger partial charge in [0.15, 0.2) is 11.5 Å². The van der Waals surface area contributed by atoms with Crippen LogP contribution in [0.5, 0.6) is 17.2 Å². The highest BCUT2D eigenvalue weighted by Crippen LogP contribution is 2.29. The third-order valence-electron chi connectivity index (χ3n) is 3.34. The van der Waals surface area contributed by atoms with Crippen molar-refractivity contribution < 1.29 is 19.0 Å². The third kappa shape index (κ3) is 5.23. The van der Waals surface area contributed by atoms with Crippen LogP contribution in [0.2, 0.25) is 0 Å². The molecule has 0 saturated carbocycles. The number of carbonyl (C=O) groups is 1. The Morgan fingerprint density at radius 1 is 1.04 bits per heavy atom. The van der Waals surface area contributed by atoms with Gasteiger partial charge in [0.1, 0.15) is 5.75 Å². The molecule has 2 aromatic carbocycles. The largest absolute Gasteiger partial charge is 0.496 e. The van der Waals surface area contributed by atoms with E-state index < -0.39 is 5.97 Å². The molecule has 26 heavy (non-hydrogen) atoms. The van der Waals surface area contributed by atoms with Crippen LogP contribution in [0.15, 0.2) is 53.0 Å². The minimum atomic E-state index is -0.550. The molecule has 0 amide bonds. The zero-order chi connectivity index (χ0) is 18.9. The van der Waals surface area contributed by atoms with Crippen LogP contribution in [0.4, 0.5) is 0 Å². The second-order valence-electron chi connectivity index (χ2n) is 5.01. The Labute approximate surface area is 160 Å². The number of esters is 1. The summed E-state index contributed by atoms with van der Waals surface area (Å²) in [5, 5.41) is 8.58. The molecular formula is C20H16BrNO4. The van der Waals surface area contributed by atoms with Crippen molar-refractivity contribution in [2.75, 3.05) is 14.2 Å². The summed E-state index contributed by atoms with van der Waals surface area (Å²) in [4.78, 5) is 12.1.